The van der Waals surface area contributed by atoms with Crippen LogP contribution in [0.3, 0.4) is 0 Å². The Balaban J connectivity index is 1.70. The van der Waals surface area contributed by atoms with E-state index in [9.17, 15) is 9.18 Å². The molecule has 0 aliphatic carbocycles. The van der Waals surface area contributed by atoms with Gasteiger partial charge in [0.1, 0.15) is 23.1 Å². The molecule has 0 bridgehead atoms. The maximum atomic E-state index is 13.2. The van der Waals surface area contributed by atoms with Crippen LogP contribution in [0, 0.1) is 5.82 Å². The number of carbonyl (C=O) groups is 1. The van der Waals surface area contributed by atoms with E-state index in [4.69, 9.17) is 4.74 Å². The van der Waals surface area contributed by atoms with E-state index < -0.39 is 5.91 Å². The fourth-order valence-electron chi connectivity index (χ4n) is 2.16. The molecule has 0 radical (unpaired) electrons. The van der Waals surface area contributed by atoms with Crippen LogP contribution in [0.25, 0.3) is 0 Å². The highest BCUT2D eigenvalue weighted by Gasteiger charge is 2.11. The summed E-state index contributed by atoms with van der Waals surface area (Å²) in [5, 5.41) is 5.63. The van der Waals surface area contributed by atoms with Crippen LogP contribution in [-0.2, 0) is 0 Å². The SMILES string of the molecule is COc1ccccc1NC(=O)c1cnc(Nc2cccc(F)c2)cn1. The number of halogens is 1. The lowest BCUT2D eigenvalue weighted by atomic mass is 10.3. The number of hydrogen-bond donors (Lipinski definition) is 2. The molecule has 7 heteroatoms. The molecule has 1 heterocycles. The molecule has 1 amide bonds. The molecular weight excluding hydrogens is 323 g/mol. The van der Waals surface area contributed by atoms with E-state index >= 15 is 0 Å². The van der Waals surface area contributed by atoms with Crippen molar-refractivity contribution in [2.75, 3.05) is 17.7 Å². The Bertz CT molecular complexity index is 884. The number of methoxy groups -OCH3 is 1. The molecule has 2 N–H and O–H groups in total. The summed E-state index contributed by atoms with van der Waals surface area (Å²) in [5.74, 6) is 0.188. The highest BCUT2D eigenvalue weighted by atomic mass is 19.1. The van der Waals surface area contributed by atoms with Gasteiger partial charge in [0.05, 0.1) is 25.2 Å². The number of nitrogens with zero attached hydrogens (tertiary/aromatic N) is 2. The third kappa shape index (κ3) is 4.08. The molecule has 0 unspecified atom stereocenters. The minimum atomic E-state index is -0.408. The van der Waals surface area contributed by atoms with E-state index in [-0.39, 0.29) is 11.5 Å². The molecule has 0 fully saturated rings. The van der Waals surface area contributed by atoms with Gasteiger partial charge in [0.2, 0.25) is 0 Å². The Morgan fingerprint density at radius 1 is 1.08 bits per heavy atom. The second kappa shape index (κ2) is 7.39. The van der Waals surface area contributed by atoms with Crippen molar-refractivity contribution < 1.29 is 13.9 Å². The lowest BCUT2D eigenvalue weighted by Crippen LogP contribution is -2.14. The molecule has 25 heavy (non-hydrogen) atoms. The standard InChI is InChI=1S/C18H15FN4O2/c1-25-16-8-3-2-7-14(16)23-18(24)15-10-21-17(11-20-15)22-13-6-4-5-12(19)9-13/h2-11H,1H3,(H,21,22)(H,23,24). The van der Waals surface area contributed by atoms with Gasteiger partial charge in [-0.15, -0.1) is 0 Å². The number of anilines is 3. The minimum Gasteiger partial charge on any atom is -0.495 e. The van der Waals surface area contributed by atoms with Gasteiger partial charge in [0.25, 0.3) is 5.91 Å². The molecule has 0 aliphatic rings. The van der Waals surface area contributed by atoms with Crippen LogP contribution in [-0.4, -0.2) is 23.0 Å². The number of benzene rings is 2. The number of nitrogens with one attached hydrogen (secondary N) is 2. The summed E-state index contributed by atoms with van der Waals surface area (Å²) in [5.41, 5.74) is 1.23. The van der Waals surface area contributed by atoms with Gasteiger partial charge in [-0.3, -0.25) is 4.79 Å². The number of para-hydroxylation sites is 2. The first-order chi connectivity index (χ1) is 12.2. The van der Waals surface area contributed by atoms with Gasteiger partial charge in [0.15, 0.2) is 0 Å². The molecule has 0 spiro atoms. The topological polar surface area (TPSA) is 76.1 Å². The zero-order valence-corrected chi connectivity index (χ0v) is 13.4. The van der Waals surface area contributed by atoms with E-state index in [0.29, 0.717) is 22.9 Å². The molecule has 3 rings (SSSR count). The van der Waals surface area contributed by atoms with Crippen LogP contribution in [0.1, 0.15) is 10.5 Å². The van der Waals surface area contributed by atoms with Gasteiger partial charge in [-0.25, -0.2) is 14.4 Å². The van der Waals surface area contributed by atoms with Gasteiger partial charge >= 0.3 is 0 Å². The van der Waals surface area contributed by atoms with Gasteiger partial charge in [-0.2, -0.15) is 0 Å². The molecule has 0 saturated heterocycles. The summed E-state index contributed by atoms with van der Waals surface area (Å²) >= 11 is 0. The van der Waals surface area contributed by atoms with Gasteiger partial charge in [-0.1, -0.05) is 18.2 Å². The first kappa shape index (κ1) is 16.4. The average molecular weight is 338 g/mol. The zero-order chi connectivity index (χ0) is 17.6. The number of ether oxygens (including phenoxy) is 1. The van der Waals surface area contributed by atoms with Crippen molar-refractivity contribution >= 4 is 23.1 Å². The zero-order valence-electron chi connectivity index (χ0n) is 13.4. The molecule has 0 atom stereocenters. The smallest absolute Gasteiger partial charge is 0.275 e. The monoisotopic (exact) mass is 338 g/mol. The van der Waals surface area contributed by atoms with Crippen molar-refractivity contribution in [3.8, 4) is 5.75 Å². The highest BCUT2D eigenvalue weighted by Crippen LogP contribution is 2.23. The second-order valence-electron chi connectivity index (χ2n) is 5.08. The van der Waals surface area contributed by atoms with Crippen molar-refractivity contribution in [1.29, 1.82) is 0 Å². The predicted molar refractivity (Wildman–Crippen MR) is 92.7 cm³/mol. The Hall–Kier alpha value is -3.48. The molecule has 6 nitrogen and oxygen atoms in total. The molecule has 1 aromatic heterocycles. The summed E-state index contributed by atoms with van der Waals surface area (Å²) in [6.45, 7) is 0. The van der Waals surface area contributed by atoms with Crippen molar-refractivity contribution in [1.82, 2.24) is 9.97 Å². The Labute approximate surface area is 143 Å². The molecule has 126 valence electrons. The third-order valence-corrected chi connectivity index (χ3v) is 3.34. The van der Waals surface area contributed by atoms with E-state index in [1.165, 1.54) is 31.6 Å². The Morgan fingerprint density at radius 2 is 1.92 bits per heavy atom. The number of hydrogen-bond acceptors (Lipinski definition) is 5. The lowest BCUT2D eigenvalue weighted by molar-refractivity contribution is 0.102. The van der Waals surface area contributed by atoms with Crippen LogP contribution >= 0.6 is 0 Å². The number of carbonyl (C=O) groups excluding carboxylic acids is 1. The minimum absolute atomic E-state index is 0.149. The van der Waals surface area contributed by atoms with E-state index in [1.54, 1.807) is 36.4 Å². The molecule has 0 aliphatic heterocycles. The molecular formula is C18H15FN4O2. The highest BCUT2D eigenvalue weighted by molar-refractivity contribution is 6.03. The van der Waals surface area contributed by atoms with Crippen LogP contribution in [0.5, 0.6) is 5.75 Å². The van der Waals surface area contributed by atoms with Crippen molar-refractivity contribution in [3.63, 3.8) is 0 Å². The largest absolute Gasteiger partial charge is 0.495 e. The number of aromatic nitrogens is 2. The Morgan fingerprint density at radius 3 is 2.64 bits per heavy atom. The van der Waals surface area contributed by atoms with Gasteiger partial charge in [-0.05, 0) is 30.3 Å². The third-order valence-electron chi connectivity index (χ3n) is 3.34. The lowest BCUT2D eigenvalue weighted by Gasteiger charge is -2.09. The maximum absolute atomic E-state index is 13.2. The first-order valence-electron chi connectivity index (χ1n) is 7.45. The van der Waals surface area contributed by atoms with Crippen LogP contribution in [0.2, 0.25) is 0 Å². The van der Waals surface area contributed by atoms with Crippen molar-refractivity contribution in [2.45, 2.75) is 0 Å². The van der Waals surface area contributed by atoms with Crippen molar-refractivity contribution in [2.24, 2.45) is 0 Å². The quantitative estimate of drug-likeness (QED) is 0.743. The fraction of sp³-hybridized carbons (Fsp3) is 0.0556. The average Bonchev–Trinajstić information content (AvgIpc) is 2.63. The summed E-state index contributed by atoms with van der Waals surface area (Å²) in [6, 6.07) is 13.0. The molecule has 3 aromatic rings. The fourth-order valence-corrected chi connectivity index (χ4v) is 2.16. The molecule has 2 aromatic carbocycles. The van der Waals surface area contributed by atoms with Gasteiger partial charge in [0, 0.05) is 5.69 Å². The van der Waals surface area contributed by atoms with Crippen molar-refractivity contribution in [3.05, 3.63) is 72.4 Å². The maximum Gasteiger partial charge on any atom is 0.275 e. The number of amides is 1. The van der Waals surface area contributed by atoms with Crippen LogP contribution < -0.4 is 15.4 Å². The van der Waals surface area contributed by atoms with Gasteiger partial charge < -0.3 is 15.4 Å². The second-order valence-corrected chi connectivity index (χ2v) is 5.08. The summed E-state index contributed by atoms with van der Waals surface area (Å²) in [4.78, 5) is 20.5. The Kier molecular flexibility index (Phi) is 4.84. The van der Waals surface area contributed by atoms with E-state index in [2.05, 4.69) is 20.6 Å². The van der Waals surface area contributed by atoms with E-state index in [1.807, 2.05) is 0 Å². The summed E-state index contributed by atoms with van der Waals surface area (Å²) in [7, 11) is 1.53. The van der Waals surface area contributed by atoms with Crippen LogP contribution in [0.4, 0.5) is 21.6 Å². The normalized spacial score (nSPS) is 10.2. The van der Waals surface area contributed by atoms with E-state index in [0.717, 1.165) is 0 Å². The van der Waals surface area contributed by atoms with Crippen LogP contribution in [0.15, 0.2) is 60.9 Å². The molecule has 0 saturated carbocycles. The predicted octanol–water partition coefficient (Wildman–Crippen LogP) is 3.62. The summed E-state index contributed by atoms with van der Waals surface area (Å²) in [6.07, 6.45) is 2.74. The number of rotatable bonds is 5. The first-order valence-corrected chi connectivity index (χ1v) is 7.45. The summed E-state index contributed by atoms with van der Waals surface area (Å²) < 4.78 is 18.4.